The van der Waals surface area contributed by atoms with E-state index in [9.17, 15) is 4.79 Å². The second-order valence-electron chi connectivity index (χ2n) is 5.93. The van der Waals surface area contributed by atoms with E-state index in [0.717, 1.165) is 55.2 Å². The molecule has 1 aromatic carbocycles. The largest absolute Gasteiger partial charge is 0.494 e. The van der Waals surface area contributed by atoms with Crippen LogP contribution in [0.5, 0.6) is 5.75 Å². The summed E-state index contributed by atoms with van der Waals surface area (Å²) in [6, 6.07) is 3.84. The molecule has 1 saturated heterocycles. The molecule has 1 aliphatic rings. The highest BCUT2D eigenvalue weighted by Gasteiger charge is 2.20. The Bertz CT molecular complexity index is 520. The van der Waals surface area contributed by atoms with Gasteiger partial charge in [0.15, 0.2) is 5.78 Å². The third-order valence-electron chi connectivity index (χ3n) is 4.62. The van der Waals surface area contributed by atoms with Crippen LogP contribution in [-0.2, 0) is 0 Å². The Morgan fingerprint density at radius 3 is 2.27 bits per heavy atom. The van der Waals surface area contributed by atoms with Gasteiger partial charge in [0.1, 0.15) is 5.75 Å². The van der Waals surface area contributed by atoms with Gasteiger partial charge in [-0.25, -0.2) is 0 Å². The fourth-order valence-corrected chi connectivity index (χ4v) is 2.96. The van der Waals surface area contributed by atoms with Crippen LogP contribution >= 0.6 is 0 Å². The lowest BCUT2D eigenvalue weighted by atomic mass is 9.99. The summed E-state index contributed by atoms with van der Waals surface area (Å²) in [4.78, 5) is 17.3. The van der Waals surface area contributed by atoms with E-state index in [0.29, 0.717) is 13.2 Å². The first-order valence-corrected chi connectivity index (χ1v) is 8.27. The number of ketones is 1. The molecule has 0 atom stereocenters. The Morgan fingerprint density at radius 2 is 1.68 bits per heavy atom. The lowest BCUT2D eigenvalue weighted by Crippen LogP contribution is -2.47. The van der Waals surface area contributed by atoms with Gasteiger partial charge in [0.25, 0.3) is 0 Å². The molecule has 22 heavy (non-hydrogen) atoms. The van der Waals surface area contributed by atoms with Gasteiger partial charge < -0.3 is 9.64 Å². The van der Waals surface area contributed by atoms with Crippen LogP contribution in [0.1, 0.15) is 35.3 Å². The molecule has 0 aromatic heterocycles. The summed E-state index contributed by atoms with van der Waals surface area (Å²) in [5.41, 5.74) is 2.95. The minimum Gasteiger partial charge on any atom is -0.494 e. The van der Waals surface area contributed by atoms with Crippen molar-refractivity contribution in [2.45, 2.75) is 27.7 Å². The Kier molecular flexibility index (Phi) is 5.98. The summed E-state index contributed by atoms with van der Waals surface area (Å²) in [6.45, 7) is 14.5. The SMILES string of the molecule is CCOc1ccc(C(=O)CN2CCN(CC)CC2)c(C)c1C. The van der Waals surface area contributed by atoms with E-state index in [1.807, 2.05) is 32.9 Å². The van der Waals surface area contributed by atoms with Crippen molar-refractivity contribution in [2.75, 3.05) is 45.9 Å². The van der Waals surface area contributed by atoms with Crippen LogP contribution in [0.3, 0.4) is 0 Å². The molecule has 4 heteroatoms. The summed E-state index contributed by atoms with van der Waals surface area (Å²) in [7, 11) is 0. The van der Waals surface area contributed by atoms with Crippen molar-refractivity contribution in [1.82, 2.24) is 9.80 Å². The van der Waals surface area contributed by atoms with Crippen LogP contribution in [0, 0.1) is 13.8 Å². The molecule has 1 aromatic rings. The van der Waals surface area contributed by atoms with Crippen molar-refractivity contribution in [1.29, 1.82) is 0 Å². The average Bonchev–Trinajstić information content (AvgIpc) is 2.53. The van der Waals surface area contributed by atoms with Crippen molar-refractivity contribution in [2.24, 2.45) is 0 Å². The van der Waals surface area contributed by atoms with Crippen molar-refractivity contribution < 1.29 is 9.53 Å². The highest BCUT2D eigenvalue weighted by molar-refractivity contribution is 5.99. The topological polar surface area (TPSA) is 32.8 Å². The summed E-state index contributed by atoms with van der Waals surface area (Å²) in [6.07, 6.45) is 0. The molecule has 2 rings (SSSR count). The van der Waals surface area contributed by atoms with Crippen LogP contribution in [-0.4, -0.2) is 61.5 Å². The first-order chi connectivity index (χ1) is 10.6. The smallest absolute Gasteiger partial charge is 0.177 e. The number of hydrogen-bond acceptors (Lipinski definition) is 4. The number of hydrogen-bond donors (Lipinski definition) is 0. The molecule has 4 nitrogen and oxygen atoms in total. The summed E-state index contributed by atoms with van der Waals surface area (Å²) in [5, 5.41) is 0. The molecule has 0 radical (unpaired) electrons. The first-order valence-electron chi connectivity index (χ1n) is 8.27. The number of nitrogens with zero attached hydrogens (tertiary/aromatic N) is 2. The van der Waals surface area contributed by atoms with Gasteiger partial charge in [-0.15, -0.1) is 0 Å². The zero-order chi connectivity index (χ0) is 16.1. The zero-order valence-corrected chi connectivity index (χ0v) is 14.3. The van der Waals surface area contributed by atoms with Crippen LogP contribution in [0.25, 0.3) is 0 Å². The van der Waals surface area contributed by atoms with Gasteiger partial charge in [-0.1, -0.05) is 6.92 Å². The Balaban J connectivity index is 2.02. The molecular weight excluding hydrogens is 276 g/mol. The van der Waals surface area contributed by atoms with E-state index in [1.54, 1.807) is 0 Å². The summed E-state index contributed by atoms with van der Waals surface area (Å²) < 4.78 is 5.60. The summed E-state index contributed by atoms with van der Waals surface area (Å²) in [5.74, 6) is 1.10. The predicted octanol–water partition coefficient (Wildman–Crippen LogP) is 2.52. The van der Waals surface area contributed by atoms with Gasteiger partial charge in [0.05, 0.1) is 13.2 Å². The van der Waals surface area contributed by atoms with Gasteiger partial charge in [0.2, 0.25) is 0 Å². The van der Waals surface area contributed by atoms with E-state index >= 15 is 0 Å². The van der Waals surface area contributed by atoms with E-state index in [4.69, 9.17) is 4.74 Å². The molecule has 1 heterocycles. The second-order valence-corrected chi connectivity index (χ2v) is 5.93. The number of carbonyl (C=O) groups is 1. The minimum absolute atomic E-state index is 0.216. The number of likely N-dealkylation sites (N-methyl/N-ethyl adjacent to an activating group) is 1. The maximum absolute atomic E-state index is 12.6. The van der Waals surface area contributed by atoms with Crippen LogP contribution in [0.2, 0.25) is 0 Å². The monoisotopic (exact) mass is 304 g/mol. The highest BCUT2D eigenvalue weighted by atomic mass is 16.5. The van der Waals surface area contributed by atoms with Gasteiger partial charge in [-0.05, 0) is 50.6 Å². The lowest BCUT2D eigenvalue weighted by molar-refractivity contribution is 0.0858. The molecule has 0 saturated carbocycles. The number of piperazine rings is 1. The van der Waals surface area contributed by atoms with Gasteiger partial charge in [-0.2, -0.15) is 0 Å². The Hall–Kier alpha value is -1.39. The van der Waals surface area contributed by atoms with Gasteiger partial charge in [-0.3, -0.25) is 9.69 Å². The third-order valence-corrected chi connectivity index (χ3v) is 4.62. The standard InChI is InChI=1S/C18H28N2O2/c1-5-19-9-11-20(12-10-19)13-17(21)16-7-8-18(22-6-2)15(4)14(16)3/h7-8H,5-6,9-13H2,1-4H3. The van der Waals surface area contributed by atoms with E-state index in [1.165, 1.54) is 0 Å². The fourth-order valence-electron chi connectivity index (χ4n) is 2.96. The van der Waals surface area contributed by atoms with Crippen molar-refractivity contribution in [3.8, 4) is 5.75 Å². The van der Waals surface area contributed by atoms with E-state index in [-0.39, 0.29) is 5.78 Å². The number of carbonyl (C=O) groups excluding carboxylic acids is 1. The minimum atomic E-state index is 0.216. The summed E-state index contributed by atoms with van der Waals surface area (Å²) >= 11 is 0. The first kappa shape index (κ1) is 17.0. The van der Waals surface area contributed by atoms with E-state index in [2.05, 4.69) is 16.7 Å². The molecule has 0 N–H and O–H groups in total. The second kappa shape index (κ2) is 7.75. The fraction of sp³-hybridized carbons (Fsp3) is 0.611. The van der Waals surface area contributed by atoms with Gasteiger partial charge in [0, 0.05) is 31.7 Å². The van der Waals surface area contributed by atoms with Crippen molar-refractivity contribution in [3.63, 3.8) is 0 Å². The van der Waals surface area contributed by atoms with Crippen LogP contribution in [0.4, 0.5) is 0 Å². The predicted molar refractivity (Wildman–Crippen MR) is 90.0 cm³/mol. The molecule has 0 bridgehead atoms. The lowest BCUT2D eigenvalue weighted by Gasteiger charge is -2.33. The van der Waals surface area contributed by atoms with Crippen LogP contribution < -0.4 is 4.74 Å². The van der Waals surface area contributed by atoms with E-state index < -0.39 is 0 Å². The maximum Gasteiger partial charge on any atom is 0.177 e. The van der Waals surface area contributed by atoms with Crippen molar-refractivity contribution in [3.05, 3.63) is 28.8 Å². The highest BCUT2D eigenvalue weighted by Crippen LogP contribution is 2.24. The number of ether oxygens (including phenoxy) is 1. The molecule has 1 aliphatic heterocycles. The number of Topliss-reactive ketones (excluding diaryl/α,β-unsaturated/α-hetero) is 1. The molecule has 0 unspecified atom stereocenters. The Morgan fingerprint density at radius 1 is 1.05 bits per heavy atom. The number of benzene rings is 1. The third kappa shape index (κ3) is 3.87. The normalized spacial score (nSPS) is 16.7. The number of rotatable bonds is 6. The van der Waals surface area contributed by atoms with Crippen LogP contribution in [0.15, 0.2) is 12.1 Å². The molecule has 122 valence electrons. The molecule has 1 fully saturated rings. The van der Waals surface area contributed by atoms with Gasteiger partial charge >= 0.3 is 0 Å². The Labute approximate surface area is 134 Å². The molecule has 0 amide bonds. The zero-order valence-electron chi connectivity index (χ0n) is 14.3. The molecule has 0 spiro atoms. The average molecular weight is 304 g/mol. The van der Waals surface area contributed by atoms with Crippen molar-refractivity contribution >= 4 is 5.78 Å². The molecular formula is C18H28N2O2. The quantitative estimate of drug-likeness (QED) is 0.756. The maximum atomic E-state index is 12.6. The molecule has 0 aliphatic carbocycles.